The quantitative estimate of drug-likeness (QED) is 0.178. The molecular formula is C46H34S2. The van der Waals surface area contributed by atoms with E-state index in [0.717, 1.165) is 0 Å². The van der Waals surface area contributed by atoms with Gasteiger partial charge >= 0.3 is 0 Å². The highest BCUT2D eigenvalue weighted by molar-refractivity contribution is 7.26. The topological polar surface area (TPSA) is 0 Å². The molecule has 230 valence electrons. The summed E-state index contributed by atoms with van der Waals surface area (Å²) in [6.07, 6.45) is 0. The van der Waals surface area contributed by atoms with Crippen molar-refractivity contribution in [1.29, 1.82) is 0 Å². The van der Waals surface area contributed by atoms with Gasteiger partial charge in [-0.05, 0) is 119 Å². The molecule has 9 aromatic rings. The molecule has 0 saturated carbocycles. The third-order valence-corrected chi connectivity index (χ3v) is 12.5. The van der Waals surface area contributed by atoms with Gasteiger partial charge in [0.25, 0.3) is 0 Å². The molecular weight excluding hydrogens is 617 g/mol. The summed E-state index contributed by atoms with van der Waals surface area (Å²) in [5.74, 6) is 0. The molecule has 2 heterocycles. The first-order chi connectivity index (χ1) is 23.4. The fourth-order valence-corrected chi connectivity index (χ4v) is 9.95. The average molecular weight is 651 g/mol. The van der Waals surface area contributed by atoms with E-state index in [4.69, 9.17) is 0 Å². The molecule has 0 aliphatic rings. The predicted molar refractivity (Wildman–Crippen MR) is 213 cm³/mol. The van der Waals surface area contributed by atoms with E-state index in [1.807, 2.05) is 22.7 Å². The smallest absolute Gasteiger partial charge is 0.0361 e. The Morgan fingerprint density at radius 3 is 1.17 bits per heavy atom. The van der Waals surface area contributed by atoms with Crippen molar-refractivity contribution >= 4 is 63.0 Å². The summed E-state index contributed by atoms with van der Waals surface area (Å²) in [6, 6.07) is 49.8. The molecule has 7 aromatic carbocycles. The molecule has 2 heteroatoms. The Morgan fingerprint density at radius 1 is 0.312 bits per heavy atom. The first-order valence-corrected chi connectivity index (χ1v) is 18.2. The van der Waals surface area contributed by atoms with Gasteiger partial charge in [-0.15, -0.1) is 22.7 Å². The lowest BCUT2D eigenvalue weighted by molar-refractivity contribution is 1.35. The van der Waals surface area contributed by atoms with Crippen molar-refractivity contribution in [3.63, 3.8) is 0 Å². The van der Waals surface area contributed by atoms with E-state index >= 15 is 0 Å². The predicted octanol–water partition coefficient (Wildman–Crippen LogP) is 14.3. The Labute approximate surface area is 289 Å². The molecule has 0 atom stereocenters. The fraction of sp³-hybridized carbons (Fsp3) is 0.0870. The van der Waals surface area contributed by atoms with E-state index in [-0.39, 0.29) is 0 Å². The minimum Gasteiger partial charge on any atom is -0.135 e. The Bertz CT molecular complexity index is 2530. The number of thiophene rings is 2. The maximum Gasteiger partial charge on any atom is 0.0361 e. The Balaban J connectivity index is 1.10. The Hall–Kier alpha value is -5.02. The number of benzene rings is 7. The fourth-order valence-electron chi connectivity index (χ4n) is 7.66. The summed E-state index contributed by atoms with van der Waals surface area (Å²) in [4.78, 5) is 0. The van der Waals surface area contributed by atoms with Crippen molar-refractivity contribution in [3.8, 4) is 44.5 Å². The van der Waals surface area contributed by atoms with Crippen molar-refractivity contribution < 1.29 is 0 Å². The highest BCUT2D eigenvalue weighted by Gasteiger charge is 2.16. The monoisotopic (exact) mass is 650 g/mol. The van der Waals surface area contributed by atoms with Crippen LogP contribution >= 0.6 is 22.7 Å². The molecule has 0 aliphatic carbocycles. The average Bonchev–Trinajstić information content (AvgIpc) is 3.67. The molecule has 2 aromatic heterocycles. The van der Waals surface area contributed by atoms with E-state index in [0.29, 0.717) is 0 Å². The van der Waals surface area contributed by atoms with Gasteiger partial charge in [0.1, 0.15) is 0 Å². The van der Waals surface area contributed by atoms with Gasteiger partial charge in [-0.1, -0.05) is 109 Å². The van der Waals surface area contributed by atoms with Crippen molar-refractivity contribution in [2.24, 2.45) is 0 Å². The summed E-state index contributed by atoms with van der Waals surface area (Å²) in [7, 11) is 0. The van der Waals surface area contributed by atoms with Crippen LogP contribution in [0.2, 0.25) is 0 Å². The van der Waals surface area contributed by atoms with E-state index in [9.17, 15) is 0 Å². The van der Waals surface area contributed by atoms with Gasteiger partial charge in [0.2, 0.25) is 0 Å². The lowest BCUT2D eigenvalue weighted by Crippen LogP contribution is -1.95. The SMILES string of the molecule is Cc1cc(-c2cccc(-c3ccc4c(c3)sc3ccccc34)c2C)c(C)cc1-c1cccc(-c2ccc3c(c2)sc2ccccc23)c1C. The Kier molecular flexibility index (Phi) is 6.86. The largest absolute Gasteiger partial charge is 0.135 e. The minimum absolute atomic E-state index is 1.28. The summed E-state index contributed by atoms with van der Waals surface area (Å²) in [5, 5.41) is 5.38. The van der Waals surface area contributed by atoms with Crippen LogP contribution in [-0.2, 0) is 0 Å². The maximum absolute atomic E-state index is 2.40. The summed E-state index contributed by atoms with van der Waals surface area (Å²) < 4.78 is 5.38. The summed E-state index contributed by atoms with van der Waals surface area (Å²) in [5.41, 5.74) is 15.6. The summed E-state index contributed by atoms with van der Waals surface area (Å²) in [6.45, 7) is 9.09. The first kappa shape index (κ1) is 29.1. The third kappa shape index (κ3) is 4.63. The van der Waals surface area contributed by atoms with Crippen LogP contribution in [0.15, 0.2) is 133 Å². The van der Waals surface area contributed by atoms with Crippen LogP contribution in [0.4, 0.5) is 0 Å². The van der Waals surface area contributed by atoms with Gasteiger partial charge in [-0.2, -0.15) is 0 Å². The lowest BCUT2D eigenvalue weighted by Gasteiger charge is -2.19. The van der Waals surface area contributed by atoms with Crippen LogP contribution < -0.4 is 0 Å². The second-order valence-corrected chi connectivity index (χ2v) is 15.2. The van der Waals surface area contributed by atoms with Gasteiger partial charge in [0.05, 0.1) is 0 Å². The molecule has 0 amide bonds. The van der Waals surface area contributed by atoms with Crippen molar-refractivity contribution in [1.82, 2.24) is 0 Å². The van der Waals surface area contributed by atoms with E-state index in [1.165, 1.54) is 107 Å². The van der Waals surface area contributed by atoms with Gasteiger partial charge in [-0.25, -0.2) is 0 Å². The second kappa shape index (κ2) is 11.3. The zero-order valence-corrected chi connectivity index (χ0v) is 29.2. The summed E-state index contributed by atoms with van der Waals surface area (Å²) >= 11 is 3.77. The molecule has 0 N–H and O–H groups in total. The van der Waals surface area contributed by atoms with Crippen LogP contribution in [0, 0.1) is 27.7 Å². The van der Waals surface area contributed by atoms with Gasteiger partial charge < -0.3 is 0 Å². The highest BCUT2D eigenvalue weighted by Crippen LogP contribution is 2.42. The van der Waals surface area contributed by atoms with Crippen LogP contribution in [0.3, 0.4) is 0 Å². The molecule has 0 aliphatic heterocycles. The van der Waals surface area contributed by atoms with E-state index in [2.05, 4.69) is 161 Å². The molecule has 0 radical (unpaired) electrons. The van der Waals surface area contributed by atoms with Crippen LogP contribution in [0.25, 0.3) is 84.9 Å². The van der Waals surface area contributed by atoms with Crippen LogP contribution in [0.1, 0.15) is 22.3 Å². The van der Waals surface area contributed by atoms with E-state index < -0.39 is 0 Å². The number of hydrogen-bond donors (Lipinski definition) is 0. The van der Waals surface area contributed by atoms with Gasteiger partial charge in [0.15, 0.2) is 0 Å². The second-order valence-electron chi connectivity index (χ2n) is 13.1. The normalized spacial score (nSPS) is 11.8. The lowest BCUT2D eigenvalue weighted by atomic mass is 9.86. The molecule has 9 rings (SSSR count). The minimum atomic E-state index is 1.28. The molecule has 48 heavy (non-hydrogen) atoms. The van der Waals surface area contributed by atoms with Crippen molar-refractivity contribution in [2.75, 3.05) is 0 Å². The zero-order chi connectivity index (χ0) is 32.5. The highest BCUT2D eigenvalue weighted by atomic mass is 32.1. The molecule has 0 spiro atoms. The van der Waals surface area contributed by atoms with Crippen LogP contribution in [0.5, 0.6) is 0 Å². The molecule has 0 unspecified atom stereocenters. The number of fused-ring (bicyclic) bond motifs is 6. The van der Waals surface area contributed by atoms with E-state index in [1.54, 1.807) is 0 Å². The third-order valence-electron chi connectivity index (χ3n) is 10.2. The number of hydrogen-bond acceptors (Lipinski definition) is 2. The molecule has 0 bridgehead atoms. The first-order valence-electron chi connectivity index (χ1n) is 16.6. The van der Waals surface area contributed by atoms with Crippen LogP contribution in [-0.4, -0.2) is 0 Å². The number of aryl methyl sites for hydroxylation is 2. The van der Waals surface area contributed by atoms with Crippen molar-refractivity contribution in [3.05, 3.63) is 156 Å². The molecule has 0 nitrogen and oxygen atoms in total. The Morgan fingerprint density at radius 2 is 0.708 bits per heavy atom. The van der Waals surface area contributed by atoms with Gasteiger partial charge in [0, 0.05) is 40.3 Å². The van der Waals surface area contributed by atoms with Crippen molar-refractivity contribution in [2.45, 2.75) is 27.7 Å². The zero-order valence-electron chi connectivity index (χ0n) is 27.5. The molecule has 0 saturated heterocycles. The standard InChI is InChI=1S/C46H34S2/c1-27-23-42(36-16-10-14-34(30(36)4)32-20-22-40-38-12-6-8-18-44(38)48-46(40)26-32)28(2)24-41(27)35-15-9-13-33(29(35)3)31-19-21-39-37-11-5-7-17-43(37)47-45(39)25-31/h5-26H,1-4H3. The maximum atomic E-state index is 2.40. The van der Waals surface area contributed by atoms with Gasteiger partial charge in [-0.3, -0.25) is 0 Å². The molecule has 0 fully saturated rings. The number of rotatable bonds is 4.